The fraction of sp³-hybridized carbons (Fsp3) is 0.667. The molecule has 0 saturated carbocycles. The third-order valence-corrected chi connectivity index (χ3v) is 9.21. The molecule has 0 amide bonds. The second-order valence-electron chi connectivity index (χ2n) is 8.08. The molecule has 0 saturated heterocycles. The van der Waals surface area contributed by atoms with Gasteiger partial charge in [0.05, 0.1) is 12.7 Å². The summed E-state index contributed by atoms with van der Waals surface area (Å²) in [5.41, 5.74) is 1.23. The van der Waals surface area contributed by atoms with Crippen molar-refractivity contribution in [2.45, 2.75) is 79.1 Å². The van der Waals surface area contributed by atoms with Gasteiger partial charge in [-0.3, -0.25) is 0 Å². The van der Waals surface area contributed by atoms with Gasteiger partial charge in [0.1, 0.15) is 0 Å². The summed E-state index contributed by atoms with van der Waals surface area (Å²) in [6, 6.07) is 0. The minimum absolute atomic E-state index is 0.0479. The fourth-order valence-corrected chi connectivity index (χ4v) is 3.68. The van der Waals surface area contributed by atoms with Crippen molar-refractivity contribution in [2.75, 3.05) is 6.61 Å². The van der Waals surface area contributed by atoms with E-state index in [0.717, 1.165) is 0 Å². The molecule has 0 bridgehead atoms. The molecule has 0 N–H and O–H groups in total. The molecular formula is C21H38O3Si. The molecule has 2 atom stereocenters. The molecule has 0 spiro atoms. The standard InChI is InChI=1S/C21H38O3Si/c1-10-13-17(3)16-18(4)19(14-12-15-20(22)23-11-2)24-25(8,9)21(5,6)7/h10,12-13,15-16,18-19H,11,14H2,1-9H3/b13-10-,15-12-,17-16+/t18-,19-/m0/s1. The SMILES string of the molecule is C/C=C\C(C)=C\[C@H](C)[C@H](C/C=C\C(=O)OCC)O[Si](C)(C)C(C)(C)C. The Labute approximate surface area is 156 Å². The minimum Gasteiger partial charge on any atom is -0.463 e. The van der Waals surface area contributed by atoms with Gasteiger partial charge in [-0.25, -0.2) is 4.79 Å². The van der Waals surface area contributed by atoms with Crippen LogP contribution in [-0.2, 0) is 14.0 Å². The lowest BCUT2D eigenvalue weighted by Gasteiger charge is -2.40. The third-order valence-electron chi connectivity index (χ3n) is 4.70. The van der Waals surface area contributed by atoms with E-state index in [0.29, 0.717) is 13.0 Å². The van der Waals surface area contributed by atoms with Crippen molar-refractivity contribution in [2.24, 2.45) is 5.92 Å². The van der Waals surface area contributed by atoms with E-state index in [1.54, 1.807) is 0 Å². The van der Waals surface area contributed by atoms with Crippen molar-refractivity contribution in [1.29, 1.82) is 0 Å². The van der Waals surface area contributed by atoms with E-state index in [2.05, 4.69) is 59.9 Å². The number of carbonyl (C=O) groups excluding carboxylic acids is 1. The number of allylic oxidation sites excluding steroid dienone is 3. The first-order valence-electron chi connectivity index (χ1n) is 9.26. The second kappa shape index (κ2) is 10.8. The zero-order valence-electron chi connectivity index (χ0n) is 17.7. The van der Waals surface area contributed by atoms with Crippen LogP contribution in [-0.4, -0.2) is 27.0 Å². The van der Waals surface area contributed by atoms with E-state index in [1.807, 2.05) is 26.0 Å². The summed E-state index contributed by atoms with van der Waals surface area (Å²) in [5.74, 6) is -0.0287. The summed E-state index contributed by atoms with van der Waals surface area (Å²) >= 11 is 0. The van der Waals surface area contributed by atoms with Gasteiger partial charge < -0.3 is 9.16 Å². The molecule has 0 aromatic carbocycles. The molecule has 0 aliphatic heterocycles. The van der Waals surface area contributed by atoms with Crippen molar-refractivity contribution in [1.82, 2.24) is 0 Å². The van der Waals surface area contributed by atoms with Gasteiger partial charge in [-0.15, -0.1) is 0 Å². The quantitative estimate of drug-likeness (QED) is 0.216. The van der Waals surface area contributed by atoms with E-state index in [9.17, 15) is 4.79 Å². The van der Waals surface area contributed by atoms with Crippen LogP contribution >= 0.6 is 0 Å². The Kier molecular flexibility index (Phi) is 10.3. The summed E-state index contributed by atoms with van der Waals surface area (Å²) in [4.78, 5) is 11.5. The highest BCUT2D eigenvalue weighted by atomic mass is 28.4. The Morgan fingerprint density at radius 1 is 1.20 bits per heavy atom. The average molecular weight is 367 g/mol. The first-order valence-corrected chi connectivity index (χ1v) is 12.2. The Balaban J connectivity index is 5.30. The molecular weight excluding hydrogens is 328 g/mol. The topological polar surface area (TPSA) is 35.5 Å². The molecule has 0 radical (unpaired) electrons. The van der Waals surface area contributed by atoms with Gasteiger partial charge in [-0.1, -0.05) is 57.6 Å². The molecule has 0 rings (SSSR count). The number of hydrogen-bond donors (Lipinski definition) is 0. The van der Waals surface area contributed by atoms with Gasteiger partial charge in [0.25, 0.3) is 0 Å². The number of esters is 1. The number of hydrogen-bond acceptors (Lipinski definition) is 3. The molecule has 0 unspecified atom stereocenters. The summed E-state index contributed by atoms with van der Waals surface area (Å²) in [5, 5.41) is 0.151. The van der Waals surface area contributed by atoms with Gasteiger partial charge >= 0.3 is 5.97 Å². The van der Waals surface area contributed by atoms with Gasteiger partial charge in [0, 0.05) is 6.08 Å². The van der Waals surface area contributed by atoms with Gasteiger partial charge in [-0.2, -0.15) is 0 Å². The molecule has 25 heavy (non-hydrogen) atoms. The van der Waals surface area contributed by atoms with Gasteiger partial charge in [0.2, 0.25) is 0 Å². The predicted molar refractivity (Wildman–Crippen MR) is 110 cm³/mol. The van der Waals surface area contributed by atoms with Crippen LogP contribution < -0.4 is 0 Å². The van der Waals surface area contributed by atoms with E-state index >= 15 is 0 Å². The highest BCUT2D eigenvalue weighted by Crippen LogP contribution is 2.38. The van der Waals surface area contributed by atoms with Crippen molar-refractivity contribution < 1.29 is 14.0 Å². The van der Waals surface area contributed by atoms with Crippen LogP contribution in [0.3, 0.4) is 0 Å². The van der Waals surface area contributed by atoms with Crippen molar-refractivity contribution in [3.05, 3.63) is 36.0 Å². The van der Waals surface area contributed by atoms with Crippen LogP contribution in [0.4, 0.5) is 0 Å². The molecule has 0 heterocycles. The lowest BCUT2D eigenvalue weighted by atomic mass is 9.99. The third kappa shape index (κ3) is 9.22. The van der Waals surface area contributed by atoms with E-state index in [1.165, 1.54) is 11.6 Å². The second-order valence-corrected chi connectivity index (χ2v) is 12.8. The first-order chi connectivity index (χ1) is 11.4. The molecule has 0 aromatic rings. The van der Waals surface area contributed by atoms with Crippen LogP contribution in [0.2, 0.25) is 18.1 Å². The molecule has 144 valence electrons. The van der Waals surface area contributed by atoms with E-state index in [4.69, 9.17) is 9.16 Å². The van der Waals surface area contributed by atoms with Crippen LogP contribution in [0.5, 0.6) is 0 Å². The molecule has 0 aliphatic carbocycles. The summed E-state index contributed by atoms with van der Waals surface area (Å²) in [6.45, 7) is 19.8. The lowest BCUT2D eigenvalue weighted by molar-refractivity contribution is -0.137. The van der Waals surface area contributed by atoms with Crippen molar-refractivity contribution >= 4 is 14.3 Å². The summed E-state index contributed by atoms with van der Waals surface area (Å²) < 4.78 is 11.6. The predicted octanol–water partition coefficient (Wildman–Crippen LogP) is 6.04. The van der Waals surface area contributed by atoms with Crippen LogP contribution in [0.1, 0.15) is 54.9 Å². The van der Waals surface area contributed by atoms with E-state index in [-0.39, 0.29) is 23.0 Å². The molecule has 3 nitrogen and oxygen atoms in total. The lowest BCUT2D eigenvalue weighted by Crippen LogP contribution is -2.45. The van der Waals surface area contributed by atoms with Crippen LogP contribution in [0.25, 0.3) is 0 Å². The first kappa shape index (κ1) is 23.9. The fourth-order valence-electron chi connectivity index (χ4n) is 2.25. The monoisotopic (exact) mass is 366 g/mol. The highest BCUT2D eigenvalue weighted by molar-refractivity contribution is 6.74. The summed E-state index contributed by atoms with van der Waals surface area (Å²) in [6.07, 6.45) is 10.5. The normalized spacial score (nSPS) is 16.4. The molecule has 0 aromatic heterocycles. The number of carbonyl (C=O) groups is 1. The zero-order chi connectivity index (χ0) is 19.7. The highest BCUT2D eigenvalue weighted by Gasteiger charge is 2.39. The maximum absolute atomic E-state index is 11.5. The smallest absolute Gasteiger partial charge is 0.330 e. The van der Waals surface area contributed by atoms with Gasteiger partial charge in [0.15, 0.2) is 8.32 Å². The van der Waals surface area contributed by atoms with Crippen LogP contribution in [0.15, 0.2) is 36.0 Å². The Morgan fingerprint density at radius 2 is 1.80 bits per heavy atom. The Morgan fingerprint density at radius 3 is 2.28 bits per heavy atom. The van der Waals surface area contributed by atoms with E-state index < -0.39 is 8.32 Å². The number of rotatable bonds is 9. The maximum Gasteiger partial charge on any atom is 0.330 e. The molecule has 0 fully saturated rings. The van der Waals surface area contributed by atoms with Gasteiger partial charge in [-0.05, 0) is 51.2 Å². The van der Waals surface area contributed by atoms with Crippen molar-refractivity contribution in [3.8, 4) is 0 Å². The molecule has 0 aliphatic rings. The van der Waals surface area contributed by atoms with Crippen LogP contribution in [0, 0.1) is 5.92 Å². The Bertz CT molecular complexity index is 496. The largest absolute Gasteiger partial charge is 0.463 e. The zero-order valence-corrected chi connectivity index (χ0v) is 18.7. The minimum atomic E-state index is -1.89. The number of ether oxygens (including phenoxy) is 1. The maximum atomic E-state index is 11.5. The average Bonchev–Trinajstić information content (AvgIpc) is 2.45. The summed E-state index contributed by atoms with van der Waals surface area (Å²) in [7, 11) is -1.89. The Hall–Kier alpha value is -1.13. The molecule has 4 heteroatoms. The van der Waals surface area contributed by atoms with Crippen molar-refractivity contribution in [3.63, 3.8) is 0 Å².